The van der Waals surface area contributed by atoms with Crippen LogP contribution in [0.3, 0.4) is 0 Å². The molecule has 0 aliphatic rings. The van der Waals surface area contributed by atoms with E-state index < -0.39 is 0 Å². The predicted octanol–water partition coefficient (Wildman–Crippen LogP) is 4.61. The second kappa shape index (κ2) is 8.27. The van der Waals surface area contributed by atoms with Crippen LogP contribution >= 0.6 is 0 Å². The van der Waals surface area contributed by atoms with Crippen LogP contribution in [0.1, 0.15) is 22.4 Å². The standard InChI is InChI=1S/C22H26N2O3/c1-15-10-17(11-16(2)21(15)26-5)12-24(3)13-19-14-27-22(23-19)18-6-8-20(25-4)9-7-18/h6-11,14H,12-13H2,1-5H3. The summed E-state index contributed by atoms with van der Waals surface area (Å²) in [7, 11) is 5.45. The Hall–Kier alpha value is -2.79. The molecule has 1 aromatic heterocycles. The van der Waals surface area contributed by atoms with Crippen LogP contribution in [0, 0.1) is 13.8 Å². The fourth-order valence-corrected chi connectivity index (χ4v) is 3.34. The Morgan fingerprint density at radius 2 is 1.63 bits per heavy atom. The van der Waals surface area contributed by atoms with E-state index in [0.29, 0.717) is 12.4 Å². The van der Waals surface area contributed by atoms with Gasteiger partial charge in [-0.3, -0.25) is 4.90 Å². The first-order valence-corrected chi connectivity index (χ1v) is 8.91. The lowest BCUT2D eigenvalue weighted by Gasteiger charge is -2.17. The molecule has 1 heterocycles. The van der Waals surface area contributed by atoms with Gasteiger partial charge < -0.3 is 13.9 Å². The second-order valence-corrected chi connectivity index (χ2v) is 6.81. The Kier molecular flexibility index (Phi) is 5.81. The maximum absolute atomic E-state index is 5.65. The number of rotatable bonds is 7. The van der Waals surface area contributed by atoms with E-state index in [4.69, 9.17) is 13.9 Å². The monoisotopic (exact) mass is 366 g/mol. The molecule has 142 valence electrons. The van der Waals surface area contributed by atoms with Crippen LogP contribution in [0.25, 0.3) is 11.5 Å². The van der Waals surface area contributed by atoms with Crippen molar-refractivity contribution in [3.63, 3.8) is 0 Å². The minimum atomic E-state index is 0.622. The number of methoxy groups -OCH3 is 2. The minimum absolute atomic E-state index is 0.622. The SMILES string of the molecule is COc1ccc(-c2nc(CN(C)Cc3cc(C)c(OC)c(C)c3)co2)cc1. The van der Waals surface area contributed by atoms with E-state index in [1.165, 1.54) is 5.56 Å². The molecular weight excluding hydrogens is 340 g/mol. The molecule has 0 aliphatic carbocycles. The minimum Gasteiger partial charge on any atom is -0.497 e. The normalized spacial score (nSPS) is 11.0. The van der Waals surface area contributed by atoms with Gasteiger partial charge in [0.05, 0.1) is 19.9 Å². The van der Waals surface area contributed by atoms with Gasteiger partial charge in [0, 0.05) is 18.7 Å². The average Bonchev–Trinajstić information content (AvgIpc) is 3.10. The van der Waals surface area contributed by atoms with Crippen LogP contribution in [0.4, 0.5) is 0 Å². The van der Waals surface area contributed by atoms with Crippen LogP contribution in [-0.4, -0.2) is 31.2 Å². The van der Waals surface area contributed by atoms with E-state index in [2.05, 4.69) is 42.9 Å². The molecule has 0 N–H and O–H groups in total. The number of benzene rings is 2. The Morgan fingerprint density at radius 3 is 2.22 bits per heavy atom. The van der Waals surface area contributed by atoms with Crippen molar-refractivity contribution in [2.45, 2.75) is 26.9 Å². The van der Waals surface area contributed by atoms with Crippen LogP contribution in [0.5, 0.6) is 11.5 Å². The molecule has 3 rings (SSSR count). The van der Waals surface area contributed by atoms with Crippen molar-refractivity contribution in [2.75, 3.05) is 21.3 Å². The topological polar surface area (TPSA) is 47.7 Å². The molecule has 0 amide bonds. The fraction of sp³-hybridized carbons (Fsp3) is 0.318. The summed E-state index contributed by atoms with van der Waals surface area (Å²) in [5, 5.41) is 0. The summed E-state index contributed by atoms with van der Waals surface area (Å²) in [4.78, 5) is 6.83. The summed E-state index contributed by atoms with van der Waals surface area (Å²) < 4.78 is 16.3. The Morgan fingerprint density at radius 1 is 0.963 bits per heavy atom. The number of nitrogens with zero attached hydrogens (tertiary/aromatic N) is 2. The number of aromatic nitrogens is 1. The number of ether oxygens (including phenoxy) is 2. The van der Waals surface area contributed by atoms with Crippen molar-refractivity contribution in [1.82, 2.24) is 9.88 Å². The van der Waals surface area contributed by atoms with E-state index >= 15 is 0 Å². The molecule has 0 radical (unpaired) electrons. The van der Waals surface area contributed by atoms with Gasteiger partial charge in [-0.05, 0) is 61.9 Å². The largest absolute Gasteiger partial charge is 0.497 e. The van der Waals surface area contributed by atoms with E-state index in [1.54, 1.807) is 20.5 Å². The smallest absolute Gasteiger partial charge is 0.226 e. The van der Waals surface area contributed by atoms with E-state index in [1.807, 2.05) is 24.3 Å². The third kappa shape index (κ3) is 4.49. The summed E-state index contributed by atoms with van der Waals surface area (Å²) in [5.74, 6) is 2.40. The third-order valence-electron chi connectivity index (χ3n) is 4.50. The van der Waals surface area contributed by atoms with Crippen molar-refractivity contribution >= 4 is 0 Å². The first kappa shape index (κ1) is 19.0. The van der Waals surface area contributed by atoms with Gasteiger partial charge in [0.2, 0.25) is 5.89 Å². The van der Waals surface area contributed by atoms with Gasteiger partial charge in [-0.1, -0.05) is 12.1 Å². The van der Waals surface area contributed by atoms with Crippen molar-refractivity contribution in [2.24, 2.45) is 0 Å². The van der Waals surface area contributed by atoms with Gasteiger partial charge in [0.1, 0.15) is 17.8 Å². The molecular formula is C22H26N2O3. The van der Waals surface area contributed by atoms with E-state index in [0.717, 1.165) is 40.4 Å². The highest BCUT2D eigenvalue weighted by atomic mass is 16.5. The Bertz CT molecular complexity index is 877. The predicted molar refractivity (Wildman–Crippen MR) is 106 cm³/mol. The fourth-order valence-electron chi connectivity index (χ4n) is 3.34. The zero-order chi connectivity index (χ0) is 19.4. The summed E-state index contributed by atoms with van der Waals surface area (Å²) in [6.07, 6.45) is 1.72. The maximum Gasteiger partial charge on any atom is 0.226 e. The molecule has 0 bridgehead atoms. The van der Waals surface area contributed by atoms with Gasteiger partial charge >= 0.3 is 0 Å². The summed E-state index contributed by atoms with van der Waals surface area (Å²) in [6, 6.07) is 12.0. The third-order valence-corrected chi connectivity index (χ3v) is 4.50. The van der Waals surface area contributed by atoms with Gasteiger partial charge in [-0.25, -0.2) is 4.98 Å². The van der Waals surface area contributed by atoms with Gasteiger partial charge in [0.25, 0.3) is 0 Å². The summed E-state index contributed by atoms with van der Waals surface area (Å²) >= 11 is 0. The lowest BCUT2D eigenvalue weighted by Crippen LogP contribution is -2.17. The molecule has 2 aromatic carbocycles. The highest BCUT2D eigenvalue weighted by Gasteiger charge is 2.11. The summed E-state index contributed by atoms with van der Waals surface area (Å²) in [6.45, 7) is 5.70. The molecule has 0 aliphatic heterocycles. The van der Waals surface area contributed by atoms with Crippen LogP contribution in [0.2, 0.25) is 0 Å². The molecule has 0 fully saturated rings. The van der Waals surface area contributed by atoms with Crippen LogP contribution in [-0.2, 0) is 13.1 Å². The zero-order valence-corrected chi connectivity index (χ0v) is 16.6. The van der Waals surface area contributed by atoms with Crippen molar-refractivity contribution in [1.29, 1.82) is 0 Å². The average molecular weight is 366 g/mol. The van der Waals surface area contributed by atoms with Crippen molar-refractivity contribution in [3.8, 4) is 23.0 Å². The lowest BCUT2D eigenvalue weighted by atomic mass is 10.1. The van der Waals surface area contributed by atoms with Crippen molar-refractivity contribution < 1.29 is 13.9 Å². The molecule has 0 atom stereocenters. The van der Waals surface area contributed by atoms with Crippen molar-refractivity contribution in [3.05, 3.63) is 65.0 Å². The van der Waals surface area contributed by atoms with Crippen LogP contribution < -0.4 is 9.47 Å². The molecule has 0 saturated carbocycles. The maximum atomic E-state index is 5.65. The van der Waals surface area contributed by atoms with Gasteiger partial charge in [-0.15, -0.1) is 0 Å². The Balaban J connectivity index is 1.66. The molecule has 0 spiro atoms. The number of aryl methyl sites for hydroxylation is 2. The lowest BCUT2D eigenvalue weighted by molar-refractivity contribution is 0.314. The number of hydrogen-bond acceptors (Lipinski definition) is 5. The van der Waals surface area contributed by atoms with E-state index in [-0.39, 0.29) is 0 Å². The quantitative estimate of drug-likeness (QED) is 0.611. The second-order valence-electron chi connectivity index (χ2n) is 6.81. The molecule has 3 aromatic rings. The summed E-state index contributed by atoms with van der Waals surface area (Å²) in [5.41, 5.74) is 5.41. The zero-order valence-electron chi connectivity index (χ0n) is 16.6. The molecule has 0 saturated heterocycles. The number of hydrogen-bond donors (Lipinski definition) is 0. The van der Waals surface area contributed by atoms with Crippen LogP contribution in [0.15, 0.2) is 47.1 Å². The van der Waals surface area contributed by atoms with E-state index in [9.17, 15) is 0 Å². The first-order chi connectivity index (χ1) is 13.0. The highest BCUT2D eigenvalue weighted by molar-refractivity contribution is 5.54. The van der Waals surface area contributed by atoms with Gasteiger partial charge in [-0.2, -0.15) is 0 Å². The molecule has 5 heteroatoms. The molecule has 27 heavy (non-hydrogen) atoms. The molecule has 0 unspecified atom stereocenters. The molecule has 5 nitrogen and oxygen atoms in total. The Labute approximate surface area is 160 Å². The number of oxazole rings is 1. The first-order valence-electron chi connectivity index (χ1n) is 8.91. The highest BCUT2D eigenvalue weighted by Crippen LogP contribution is 2.25. The van der Waals surface area contributed by atoms with Gasteiger partial charge in [0.15, 0.2) is 0 Å².